The maximum Gasteiger partial charge on any atom is 0.0610 e. The fraction of sp³-hybridized carbons (Fsp3) is 0.538. The van der Waals surface area contributed by atoms with Crippen LogP contribution in [0.15, 0.2) is 18.2 Å². The van der Waals surface area contributed by atoms with E-state index in [1.807, 2.05) is 32.0 Å². The zero-order valence-electron chi connectivity index (χ0n) is 10.2. The molecule has 1 aromatic rings. The lowest BCUT2D eigenvalue weighted by molar-refractivity contribution is 0.169. The second-order valence-electron chi connectivity index (χ2n) is 4.52. The van der Waals surface area contributed by atoms with Gasteiger partial charge in [-0.25, -0.2) is 0 Å². The zero-order valence-corrected chi connectivity index (χ0v) is 10.9. The number of nitrogens with one attached hydrogen (secondary N) is 1. The van der Waals surface area contributed by atoms with Crippen molar-refractivity contribution < 1.29 is 5.11 Å². The predicted octanol–water partition coefficient (Wildman–Crippen LogP) is 2.90. The summed E-state index contributed by atoms with van der Waals surface area (Å²) in [4.78, 5) is 0. The molecule has 0 aliphatic carbocycles. The SMILES string of the molecule is CCC(C)(CO)NCc1ccc(C)cc1Cl. The number of halogens is 1. The molecule has 1 atom stereocenters. The van der Waals surface area contributed by atoms with Crippen molar-refractivity contribution in [3.8, 4) is 0 Å². The van der Waals surface area contributed by atoms with Crippen molar-refractivity contribution in [2.24, 2.45) is 0 Å². The van der Waals surface area contributed by atoms with Crippen LogP contribution < -0.4 is 5.32 Å². The Morgan fingerprint density at radius 1 is 1.44 bits per heavy atom. The van der Waals surface area contributed by atoms with Crippen LogP contribution in [0.4, 0.5) is 0 Å². The molecule has 0 spiro atoms. The molecular formula is C13H20ClNO. The van der Waals surface area contributed by atoms with Crippen LogP contribution in [0.3, 0.4) is 0 Å². The molecule has 0 saturated carbocycles. The van der Waals surface area contributed by atoms with E-state index in [0.717, 1.165) is 22.6 Å². The molecule has 0 radical (unpaired) electrons. The maximum absolute atomic E-state index is 9.28. The molecule has 3 heteroatoms. The van der Waals surface area contributed by atoms with Gasteiger partial charge in [0.2, 0.25) is 0 Å². The monoisotopic (exact) mass is 241 g/mol. The summed E-state index contributed by atoms with van der Waals surface area (Å²) in [5.74, 6) is 0. The molecule has 16 heavy (non-hydrogen) atoms. The number of aryl methyl sites for hydroxylation is 1. The molecule has 0 saturated heterocycles. The van der Waals surface area contributed by atoms with E-state index in [4.69, 9.17) is 11.6 Å². The molecular weight excluding hydrogens is 222 g/mol. The van der Waals surface area contributed by atoms with Crippen LogP contribution in [-0.4, -0.2) is 17.3 Å². The topological polar surface area (TPSA) is 32.3 Å². The number of rotatable bonds is 5. The first-order chi connectivity index (χ1) is 7.50. The first-order valence-corrected chi connectivity index (χ1v) is 5.99. The molecule has 1 aromatic carbocycles. The quantitative estimate of drug-likeness (QED) is 0.831. The van der Waals surface area contributed by atoms with Crippen LogP contribution in [0, 0.1) is 6.92 Å². The molecule has 0 aliphatic heterocycles. The minimum atomic E-state index is -0.228. The molecule has 2 N–H and O–H groups in total. The van der Waals surface area contributed by atoms with Gasteiger partial charge in [0.05, 0.1) is 6.61 Å². The molecule has 0 fully saturated rings. The normalized spacial score (nSPS) is 14.8. The molecule has 90 valence electrons. The first kappa shape index (κ1) is 13.5. The van der Waals surface area contributed by atoms with Gasteiger partial charge in [-0.3, -0.25) is 0 Å². The van der Waals surface area contributed by atoms with Crippen molar-refractivity contribution in [2.45, 2.75) is 39.3 Å². The van der Waals surface area contributed by atoms with Gasteiger partial charge >= 0.3 is 0 Å². The third-order valence-electron chi connectivity index (χ3n) is 3.04. The van der Waals surface area contributed by atoms with Gasteiger partial charge in [0.15, 0.2) is 0 Å². The summed E-state index contributed by atoms with van der Waals surface area (Å²) in [6.45, 7) is 6.90. The number of hydrogen-bond donors (Lipinski definition) is 2. The van der Waals surface area contributed by atoms with Crippen molar-refractivity contribution in [1.29, 1.82) is 0 Å². The molecule has 2 nitrogen and oxygen atoms in total. The third-order valence-corrected chi connectivity index (χ3v) is 3.40. The van der Waals surface area contributed by atoms with Gasteiger partial charge < -0.3 is 10.4 Å². The van der Waals surface area contributed by atoms with Crippen molar-refractivity contribution in [3.05, 3.63) is 34.3 Å². The van der Waals surface area contributed by atoms with E-state index >= 15 is 0 Å². The summed E-state index contributed by atoms with van der Waals surface area (Å²) < 4.78 is 0. The van der Waals surface area contributed by atoms with E-state index in [9.17, 15) is 5.11 Å². The van der Waals surface area contributed by atoms with Gasteiger partial charge in [0.1, 0.15) is 0 Å². The standard InChI is InChI=1S/C13H20ClNO/c1-4-13(3,9-16)15-8-11-6-5-10(2)7-12(11)14/h5-7,15-16H,4,8-9H2,1-3H3. The highest BCUT2D eigenvalue weighted by Crippen LogP contribution is 2.18. The van der Waals surface area contributed by atoms with Crippen LogP contribution in [0.25, 0.3) is 0 Å². The van der Waals surface area contributed by atoms with E-state index in [0.29, 0.717) is 6.54 Å². The van der Waals surface area contributed by atoms with E-state index in [2.05, 4.69) is 12.2 Å². The molecule has 0 aliphatic rings. The molecule has 0 amide bonds. The number of aliphatic hydroxyl groups excluding tert-OH is 1. The highest BCUT2D eigenvalue weighted by Gasteiger charge is 2.19. The van der Waals surface area contributed by atoms with Crippen LogP contribution in [0.2, 0.25) is 5.02 Å². The smallest absolute Gasteiger partial charge is 0.0610 e. The van der Waals surface area contributed by atoms with Gasteiger partial charge in [-0.1, -0.05) is 30.7 Å². The van der Waals surface area contributed by atoms with E-state index < -0.39 is 0 Å². The Balaban J connectivity index is 2.67. The summed E-state index contributed by atoms with van der Waals surface area (Å²) in [7, 11) is 0. The van der Waals surface area contributed by atoms with E-state index in [1.165, 1.54) is 0 Å². The van der Waals surface area contributed by atoms with E-state index in [-0.39, 0.29) is 12.1 Å². The summed E-state index contributed by atoms with van der Waals surface area (Å²) in [5.41, 5.74) is 2.00. The molecule has 0 heterocycles. The van der Waals surface area contributed by atoms with Gasteiger partial charge in [0.25, 0.3) is 0 Å². The molecule has 1 rings (SSSR count). The highest BCUT2D eigenvalue weighted by atomic mass is 35.5. The lowest BCUT2D eigenvalue weighted by atomic mass is 10.00. The van der Waals surface area contributed by atoms with Gasteiger partial charge in [-0.05, 0) is 37.5 Å². The van der Waals surface area contributed by atoms with Gasteiger partial charge in [-0.2, -0.15) is 0 Å². The van der Waals surface area contributed by atoms with Crippen molar-refractivity contribution in [3.63, 3.8) is 0 Å². The minimum Gasteiger partial charge on any atom is -0.394 e. The summed E-state index contributed by atoms with van der Waals surface area (Å²) in [6.07, 6.45) is 0.882. The van der Waals surface area contributed by atoms with Crippen LogP contribution in [0.1, 0.15) is 31.4 Å². The number of aliphatic hydroxyl groups is 1. The third kappa shape index (κ3) is 3.48. The fourth-order valence-electron chi connectivity index (χ4n) is 1.40. The fourth-order valence-corrected chi connectivity index (χ4v) is 1.70. The lowest BCUT2D eigenvalue weighted by Crippen LogP contribution is -2.44. The average Bonchev–Trinajstić information content (AvgIpc) is 2.27. The highest BCUT2D eigenvalue weighted by molar-refractivity contribution is 6.31. The summed E-state index contributed by atoms with van der Waals surface area (Å²) in [5, 5.41) is 13.4. The van der Waals surface area contributed by atoms with E-state index in [1.54, 1.807) is 0 Å². The average molecular weight is 242 g/mol. The number of hydrogen-bond acceptors (Lipinski definition) is 2. The maximum atomic E-state index is 9.28. The Kier molecular flexibility index (Phi) is 4.78. The second-order valence-corrected chi connectivity index (χ2v) is 4.93. The Hall–Kier alpha value is -0.570. The summed E-state index contributed by atoms with van der Waals surface area (Å²) >= 11 is 6.14. The molecule has 0 aromatic heterocycles. The van der Waals surface area contributed by atoms with Crippen LogP contribution >= 0.6 is 11.6 Å². The Morgan fingerprint density at radius 3 is 2.62 bits per heavy atom. The van der Waals surface area contributed by atoms with Crippen molar-refractivity contribution in [2.75, 3.05) is 6.61 Å². The lowest BCUT2D eigenvalue weighted by Gasteiger charge is -2.27. The van der Waals surface area contributed by atoms with Crippen molar-refractivity contribution >= 4 is 11.6 Å². The summed E-state index contributed by atoms with van der Waals surface area (Å²) in [6, 6.07) is 6.03. The predicted molar refractivity (Wildman–Crippen MR) is 68.8 cm³/mol. The Morgan fingerprint density at radius 2 is 2.12 bits per heavy atom. The Labute approximate surface area is 103 Å². The first-order valence-electron chi connectivity index (χ1n) is 5.61. The van der Waals surface area contributed by atoms with Crippen LogP contribution in [0.5, 0.6) is 0 Å². The van der Waals surface area contributed by atoms with Gasteiger partial charge in [0, 0.05) is 17.1 Å². The van der Waals surface area contributed by atoms with Crippen LogP contribution in [-0.2, 0) is 6.54 Å². The minimum absolute atomic E-state index is 0.132. The molecule has 1 unspecified atom stereocenters. The Bertz CT molecular complexity index is 348. The molecule has 0 bridgehead atoms. The van der Waals surface area contributed by atoms with Gasteiger partial charge in [-0.15, -0.1) is 0 Å². The largest absolute Gasteiger partial charge is 0.394 e. The zero-order chi connectivity index (χ0) is 12.2. The second kappa shape index (κ2) is 5.67. The number of benzene rings is 1. The van der Waals surface area contributed by atoms with Crippen molar-refractivity contribution in [1.82, 2.24) is 5.32 Å².